The fraction of sp³-hybridized carbons (Fsp3) is 1.00. The van der Waals surface area contributed by atoms with E-state index in [1.165, 1.54) is 12.2 Å². The van der Waals surface area contributed by atoms with E-state index in [4.69, 9.17) is 4.74 Å². The van der Waals surface area contributed by atoms with E-state index in [0.29, 0.717) is 17.6 Å². The van der Waals surface area contributed by atoms with Gasteiger partial charge in [0.2, 0.25) is 0 Å². The molecule has 0 radical (unpaired) electrons. The van der Waals surface area contributed by atoms with E-state index in [1.54, 1.807) is 0 Å². The zero-order valence-corrected chi connectivity index (χ0v) is 11.8. The lowest BCUT2D eigenvalue weighted by molar-refractivity contribution is -0.112. The third kappa shape index (κ3) is 2.14. The SMILES string of the molecule is CSCC(C)CNC1C2CCOC2C1(C)C. The van der Waals surface area contributed by atoms with Crippen molar-refractivity contribution in [1.29, 1.82) is 0 Å². The van der Waals surface area contributed by atoms with Crippen molar-refractivity contribution in [2.75, 3.05) is 25.2 Å². The number of rotatable bonds is 5. The maximum absolute atomic E-state index is 5.81. The predicted molar refractivity (Wildman–Crippen MR) is 71.0 cm³/mol. The maximum atomic E-state index is 5.81. The molecule has 1 aliphatic carbocycles. The zero-order valence-electron chi connectivity index (χ0n) is 11.0. The maximum Gasteiger partial charge on any atom is 0.0685 e. The molecule has 2 nitrogen and oxygen atoms in total. The summed E-state index contributed by atoms with van der Waals surface area (Å²) in [6.07, 6.45) is 3.95. The second kappa shape index (κ2) is 4.87. The van der Waals surface area contributed by atoms with Crippen molar-refractivity contribution >= 4 is 11.8 Å². The molecule has 0 aromatic heterocycles. The molecule has 2 fully saturated rings. The van der Waals surface area contributed by atoms with E-state index in [2.05, 4.69) is 32.3 Å². The van der Waals surface area contributed by atoms with E-state index in [0.717, 1.165) is 25.0 Å². The molecule has 1 heterocycles. The highest BCUT2D eigenvalue weighted by atomic mass is 32.2. The first-order chi connectivity index (χ1) is 7.57. The van der Waals surface area contributed by atoms with Crippen LogP contribution in [0.5, 0.6) is 0 Å². The van der Waals surface area contributed by atoms with Crippen molar-refractivity contribution < 1.29 is 4.74 Å². The van der Waals surface area contributed by atoms with Crippen LogP contribution in [0, 0.1) is 17.3 Å². The van der Waals surface area contributed by atoms with Gasteiger partial charge in [-0.3, -0.25) is 0 Å². The molecule has 2 rings (SSSR count). The van der Waals surface area contributed by atoms with Crippen LogP contribution in [0.4, 0.5) is 0 Å². The summed E-state index contributed by atoms with van der Waals surface area (Å²) in [5.74, 6) is 2.80. The van der Waals surface area contributed by atoms with E-state index in [1.807, 2.05) is 11.8 Å². The Bertz CT molecular complexity index is 244. The summed E-state index contributed by atoms with van der Waals surface area (Å²) >= 11 is 1.94. The largest absolute Gasteiger partial charge is 0.377 e. The molecule has 0 aromatic carbocycles. The fourth-order valence-electron chi connectivity index (χ4n) is 3.41. The first-order valence-corrected chi connectivity index (χ1v) is 7.80. The molecule has 94 valence electrons. The van der Waals surface area contributed by atoms with E-state index in [-0.39, 0.29) is 0 Å². The van der Waals surface area contributed by atoms with Gasteiger partial charge in [0.1, 0.15) is 0 Å². The van der Waals surface area contributed by atoms with Gasteiger partial charge in [0.25, 0.3) is 0 Å². The van der Waals surface area contributed by atoms with Crippen LogP contribution >= 0.6 is 11.8 Å². The average molecular weight is 243 g/mol. The van der Waals surface area contributed by atoms with Crippen molar-refractivity contribution in [3.63, 3.8) is 0 Å². The molecule has 1 saturated heterocycles. The van der Waals surface area contributed by atoms with Crippen LogP contribution < -0.4 is 5.32 Å². The molecule has 0 spiro atoms. The normalized spacial score (nSPS) is 37.9. The van der Waals surface area contributed by atoms with Gasteiger partial charge in [0.05, 0.1) is 6.10 Å². The molecule has 0 amide bonds. The summed E-state index contributed by atoms with van der Waals surface area (Å²) < 4.78 is 5.81. The summed E-state index contributed by atoms with van der Waals surface area (Å²) in [4.78, 5) is 0. The topological polar surface area (TPSA) is 21.3 Å². The molecule has 4 atom stereocenters. The van der Waals surface area contributed by atoms with Gasteiger partial charge in [-0.1, -0.05) is 20.8 Å². The molecule has 0 bridgehead atoms. The minimum Gasteiger partial charge on any atom is -0.377 e. The predicted octanol–water partition coefficient (Wildman–Crippen LogP) is 2.39. The zero-order chi connectivity index (χ0) is 11.8. The second-order valence-electron chi connectivity index (χ2n) is 6.01. The van der Waals surface area contributed by atoms with Crippen molar-refractivity contribution in [2.24, 2.45) is 17.3 Å². The van der Waals surface area contributed by atoms with E-state index >= 15 is 0 Å². The Hall–Kier alpha value is 0.270. The first kappa shape index (κ1) is 12.7. The van der Waals surface area contributed by atoms with Gasteiger partial charge in [0.15, 0.2) is 0 Å². The number of fused-ring (bicyclic) bond motifs is 1. The van der Waals surface area contributed by atoms with Gasteiger partial charge in [-0.2, -0.15) is 11.8 Å². The average Bonchev–Trinajstić information content (AvgIpc) is 2.64. The Labute approximate surface area is 104 Å². The lowest BCUT2D eigenvalue weighted by Crippen LogP contribution is -2.66. The van der Waals surface area contributed by atoms with E-state index < -0.39 is 0 Å². The first-order valence-electron chi connectivity index (χ1n) is 6.41. The molecule has 1 saturated carbocycles. The molecule has 3 heteroatoms. The van der Waals surface area contributed by atoms with Gasteiger partial charge in [-0.05, 0) is 30.9 Å². The number of nitrogens with one attached hydrogen (secondary N) is 1. The van der Waals surface area contributed by atoms with Crippen LogP contribution in [0.1, 0.15) is 27.2 Å². The highest BCUT2D eigenvalue weighted by molar-refractivity contribution is 7.98. The van der Waals surface area contributed by atoms with Gasteiger partial charge < -0.3 is 10.1 Å². The Balaban J connectivity index is 1.81. The number of ether oxygens (including phenoxy) is 1. The quantitative estimate of drug-likeness (QED) is 0.801. The van der Waals surface area contributed by atoms with Gasteiger partial charge in [-0.15, -0.1) is 0 Å². The lowest BCUT2D eigenvalue weighted by atomic mass is 9.57. The van der Waals surface area contributed by atoms with Crippen molar-refractivity contribution in [3.05, 3.63) is 0 Å². The standard InChI is InChI=1S/C13H25NOS/c1-9(8-16-4)7-14-11-10-5-6-15-12(10)13(11,2)3/h9-12,14H,5-8H2,1-4H3. The Kier molecular flexibility index (Phi) is 3.87. The molecule has 0 aromatic rings. The molecule has 4 unspecified atom stereocenters. The summed E-state index contributed by atoms with van der Waals surface area (Å²) in [6, 6.07) is 0.671. The van der Waals surface area contributed by atoms with Crippen LogP contribution in [0.15, 0.2) is 0 Å². The highest BCUT2D eigenvalue weighted by Crippen LogP contribution is 2.52. The fourth-order valence-corrected chi connectivity index (χ4v) is 4.10. The molecule has 2 aliphatic rings. The number of hydrogen-bond acceptors (Lipinski definition) is 3. The second-order valence-corrected chi connectivity index (χ2v) is 6.92. The number of thioether (sulfide) groups is 1. The monoisotopic (exact) mass is 243 g/mol. The molecular formula is C13H25NOS. The molecule has 1 N–H and O–H groups in total. The molecular weight excluding hydrogens is 218 g/mol. The van der Waals surface area contributed by atoms with Crippen molar-refractivity contribution in [3.8, 4) is 0 Å². The Morgan fingerprint density at radius 3 is 2.94 bits per heavy atom. The lowest BCUT2D eigenvalue weighted by Gasteiger charge is -2.55. The summed E-state index contributed by atoms with van der Waals surface area (Å²) in [6.45, 7) is 9.14. The number of hydrogen-bond donors (Lipinski definition) is 1. The molecule has 16 heavy (non-hydrogen) atoms. The van der Waals surface area contributed by atoms with Gasteiger partial charge >= 0.3 is 0 Å². The van der Waals surface area contributed by atoms with E-state index in [9.17, 15) is 0 Å². The smallest absolute Gasteiger partial charge is 0.0685 e. The van der Waals surface area contributed by atoms with Crippen LogP contribution in [-0.4, -0.2) is 37.3 Å². The van der Waals surface area contributed by atoms with Crippen LogP contribution in [0.2, 0.25) is 0 Å². The summed E-state index contributed by atoms with van der Waals surface area (Å²) in [5, 5.41) is 3.77. The molecule has 1 aliphatic heterocycles. The van der Waals surface area contributed by atoms with Gasteiger partial charge in [0, 0.05) is 24.0 Å². The van der Waals surface area contributed by atoms with Crippen molar-refractivity contribution in [1.82, 2.24) is 5.32 Å². The van der Waals surface area contributed by atoms with Gasteiger partial charge in [-0.25, -0.2) is 0 Å². The van der Waals surface area contributed by atoms with Crippen LogP contribution in [0.25, 0.3) is 0 Å². The van der Waals surface area contributed by atoms with Crippen LogP contribution in [-0.2, 0) is 4.74 Å². The highest BCUT2D eigenvalue weighted by Gasteiger charge is 2.58. The minimum atomic E-state index is 0.334. The minimum absolute atomic E-state index is 0.334. The summed E-state index contributed by atoms with van der Waals surface area (Å²) in [5.41, 5.74) is 0.334. The Morgan fingerprint density at radius 1 is 1.50 bits per heavy atom. The van der Waals surface area contributed by atoms with Crippen LogP contribution in [0.3, 0.4) is 0 Å². The third-order valence-corrected chi connectivity index (χ3v) is 5.14. The Morgan fingerprint density at radius 2 is 2.25 bits per heavy atom. The summed E-state index contributed by atoms with van der Waals surface area (Å²) in [7, 11) is 0. The van der Waals surface area contributed by atoms with Crippen molar-refractivity contribution in [2.45, 2.75) is 39.3 Å². The third-order valence-electron chi connectivity index (χ3n) is 4.24.